The molecule has 1 aromatic carbocycles. The smallest absolute Gasteiger partial charge is 0.326 e. The van der Waals surface area contributed by atoms with Crippen LogP contribution < -0.4 is 0 Å². The van der Waals surface area contributed by atoms with Gasteiger partial charge in [-0.1, -0.05) is 11.6 Å². The molecular weight excluding hydrogens is 368 g/mol. The zero-order valence-corrected chi connectivity index (χ0v) is 12.3. The van der Waals surface area contributed by atoms with E-state index in [2.05, 4.69) is 0 Å². The van der Waals surface area contributed by atoms with Gasteiger partial charge in [0.2, 0.25) is 0 Å². The van der Waals surface area contributed by atoms with E-state index in [1.165, 1.54) is 4.90 Å². The number of carbonyl (C=O) groups excluding carboxylic acids is 1. The van der Waals surface area contributed by atoms with Gasteiger partial charge in [-0.05, 0) is 53.6 Å². The number of rotatable bonds is 2. The molecule has 0 unspecified atom stereocenters. The first-order valence-corrected chi connectivity index (χ1v) is 6.95. The minimum Gasteiger partial charge on any atom is -0.480 e. The van der Waals surface area contributed by atoms with Crippen LogP contribution in [0.5, 0.6) is 0 Å². The minimum absolute atomic E-state index is 0.241. The second-order valence-corrected chi connectivity index (χ2v) is 5.69. The molecule has 0 aromatic heterocycles. The molecule has 0 aliphatic carbocycles. The van der Waals surface area contributed by atoms with Gasteiger partial charge in [-0.2, -0.15) is 0 Å². The van der Waals surface area contributed by atoms with Crippen molar-refractivity contribution in [1.29, 1.82) is 0 Å². The predicted molar refractivity (Wildman–Crippen MR) is 75.9 cm³/mol. The lowest BCUT2D eigenvalue weighted by Crippen LogP contribution is -2.40. The van der Waals surface area contributed by atoms with Crippen molar-refractivity contribution in [2.24, 2.45) is 0 Å². The summed E-state index contributed by atoms with van der Waals surface area (Å²) in [6.07, 6.45) is 1.25. The summed E-state index contributed by atoms with van der Waals surface area (Å²) >= 11 is 7.94. The molecule has 0 spiro atoms. The van der Waals surface area contributed by atoms with E-state index in [4.69, 9.17) is 16.7 Å². The van der Waals surface area contributed by atoms with Gasteiger partial charge in [-0.3, -0.25) is 4.79 Å². The molecule has 1 amide bonds. The van der Waals surface area contributed by atoms with Crippen LogP contribution in [-0.2, 0) is 4.79 Å². The number of hydrogen-bond acceptors (Lipinski definition) is 2. The molecule has 1 aromatic rings. The van der Waals surface area contributed by atoms with Crippen LogP contribution in [0.25, 0.3) is 0 Å². The minimum atomic E-state index is -0.940. The van der Waals surface area contributed by atoms with Crippen molar-refractivity contribution in [3.05, 3.63) is 32.4 Å². The molecule has 2 rings (SSSR count). The lowest BCUT2D eigenvalue weighted by atomic mass is 10.1. The SMILES string of the molecule is O=C(O)[C@H]1CCCN1C(=O)c1ccc(Cl)c(I)c1. The average Bonchev–Trinajstić information content (AvgIpc) is 2.81. The first-order valence-electron chi connectivity index (χ1n) is 5.49. The predicted octanol–water partition coefficient (Wildman–Crippen LogP) is 2.63. The Morgan fingerprint density at radius 2 is 2.17 bits per heavy atom. The van der Waals surface area contributed by atoms with Gasteiger partial charge in [0.15, 0.2) is 0 Å². The number of carboxylic acid groups (broad SMARTS) is 1. The first-order chi connectivity index (χ1) is 8.50. The summed E-state index contributed by atoms with van der Waals surface area (Å²) < 4.78 is 0.784. The molecule has 1 N–H and O–H groups in total. The van der Waals surface area contributed by atoms with Crippen molar-refractivity contribution in [3.8, 4) is 0 Å². The summed E-state index contributed by atoms with van der Waals surface area (Å²) in [5.74, 6) is -1.18. The first kappa shape index (κ1) is 13.6. The summed E-state index contributed by atoms with van der Waals surface area (Å²) in [6.45, 7) is 0.495. The normalized spacial score (nSPS) is 19.0. The molecule has 1 aliphatic rings. The molecule has 4 nitrogen and oxygen atoms in total. The fourth-order valence-electron chi connectivity index (χ4n) is 2.06. The van der Waals surface area contributed by atoms with E-state index in [9.17, 15) is 9.59 Å². The number of carbonyl (C=O) groups is 2. The maximum Gasteiger partial charge on any atom is 0.326 e. The molecule has 96 valence electrons. The third-order valence-electron chi connectivity index (χ3n) is 2.97. The highest BCUT2D eigenvalue weighted by Gasteiger charge is 2.34. The van der Waals surface area contributed by atoms with Gasteiger partial charge in [0.1, 0.15) is 6.04 Å². The summed E-state index contributed by atoms with van der Waals surface area (Å²) in [6, 6.07) is 4.26. The van der Waals surface area contributed by atoms with Gasteiger partial charge in [0.05, 0.1) is 5.02 Å². The molecule has 18 heavy (non-hydrogen) atoms. The number of amides is 1. The molecule has 1 saturated heterocycles. The Bertz CT molecular complexity index is 506. The van der Waals surface area contributed by atoms with E-state index in [0.717, 1.165) is 9.99 Å². The Labute approximate surface area is 123 Å². The summed E-state index contributed by atoms with van der Waals surface area (Å²) in [5, 5.41) is 9.65. The molecule has 1 atom stereocenters. The fraction of sp³-hybridized carbons (Fsp3) is 0.333. The Morgan fingerprint density at radius 3 is 2.78 bits per heavy atom. The molecule has 6 heteroatoms. The van der Waals surface area contributed by atoms with E-state index < -0.39 is 12.0 Å². The van der Waals surface area contributed by atoms with E-state index in [1.54, 1.807) is 18.2 Å². The lowest BCUT2D eigenvalue weighted by Gasteiger charge is -2.21. The molecule has 1 heterocycles. The van der Waals surface area contributed by atoms with Crippen molar-refractivity contribution in [3.63, 3.8) is 0 Å². The number of aliphatic carboxylic acids is 1. The highest BCUT2D eigenvalue weighted by Crippen LogP contribution is 2.24. The Balaban J connectivity index is 2.25. The largest absolute Gasteiger partial charge is 0.480 e. The standard InChI is InChI=1S/C12H11ClINO3/c13-8-4-3-7(6-9(8)14)11(16)15-5-1-2-10(15)12(17)18/h3-4,6,10H,1-2,5H2,(H,17,18)/t10-/m1/s1. The van der Waals surface area contributed by atoms with Crippen LogP contribution in [0, 0.1) is 3.57 Å². The Hall–Kier alpha value is -0.820. The van der Waals surface area contributed by atoms with Crippen molar-refractivity contribution >= 4 is 46.1 Å². The molecule has 1 aliphatic heterocycles. The van der Waals surface area contributed by atoms with Crippen LogP contribution in [0.4, 0.5) is 0 Å². The quantitative estimate of drug-likeness (QED) is 0.804. The summed E-state index contributed by atoms with van der Waals surface area (Å²) in [7, 11) is 0. The van der Waals surface area contributed by atoms with Crippen LogP contribution in [0.2, 0.25) is 5.02 Å². The number of likely N-dealkylation sites (tertiary alicyclic amines) is 1. The van der Waals surface area contributed by atoms with Crippen molar-refractivity contribution in [1.82, 2.24) is 4.90 Å². The monoisotopic (exact) mass is 379 g/mol. The Morgan fingerprint density at radius 1 is 1.44 bits per heavy atom. The zero-order valence-electron chi connectivity index (χ0n) is 9.40. The summed E-state index contributed by atoms with van der Waals surface area (Å²) in [5.41, 5.74) is 0.483. The number of benzene rings is 1. The second kappa shape index (κ2) is 5.44. The second-order valence-electron chi connectivity index (χ2n) is 4.12. The molecular formula is C12H11ClINO3. The zero-order chi connectivity index (χ0) is 13.3. The molecule has 1 fully saturated rings. The highest BCUT2D eigenvalue weighted by molar-refractivity contribution is 14.1. The maximum atomic E-state index is 12.2. The van der Waals surface area contributed by atoms with Gasteiger partial charge in [-0.15, -0.1) is 0 Å². The number of carboxylic acids is 1. The van der Waals surface area contributed by atoms with E-state index >= 15 is 0 Å². The number of hydrogen-bond donors (Lipinski definition) is 1. The van der Waals surface area contributed by atoms with Crippen LogP contribution >= 0.6 is 34.2 Å². The van der Waals surface area contributed by atoms with Crippen molar-refractivity contribution in [2.75, 3.05) is 6.54 Å². The van der Waals surface area contributed by atoms with Crippen molar-refractivity contribution < 1.29 is 14.7 Å². The van der Waals surface area contributed by atoms with Gasteiger partial charge in [0, 0.05) is 15.7 Å². The van der Waals surface area contributed by atoms with E-state index in [0.29, 0.717) is 23.6 Å². The molecule has 0 bridgehead atoms. The average molecular weight is 380 g/mol. The maximum absolute atomic E-state index is 12.2. The third-order valence-corrected chi connectivity index (χ3v) is 4.51. The third kappa shape index (κ3) is 2.61. The van der Waals surface area contributed by atoms with E-state index in [-0.39, 0.29) is 5.91 Å². The van der Waals surface area contributed by atoms with Gasteiger partial charge in [-0.25, -0.2) is 4.79 Å². The van der Waals surface area contributed by atoms with Crippen LogP contribution in [0.3, 0.4) is 0 Å². The number of nitrogens with zero attached hydrogens (tertiary/aromatic N) is 1. The van der Waals surface area contributed by atoms with Crippen LogP contribution in [0.1, 0.15) is 23.2 Å². The summed E-state index contributed by atoms with van der Waals surface area (Å²) in [4.78, 5) is 24.7. The molecule has 0 radical (unpaired) electrons. The fourth-order valence-corrected chi connectivity index (χ4v) is 2.69. The van der Waals surface area contributed by atoms with Crippen LogP contribution in [-0.4, -0.2) is 34.5 Å². The van der Waals surface area contributed by atoms with E-state index in [1.807, 2.05) is 22.6 Å². The lowest BCUT2D eigenvalue weighted by molar-refractivity contribution is -0.141. The van der Waals surface area contributed by atoms with Gasteiger partial charge >= 0.3 is 5.97 Å². The Kier molecular flexibility index (Phi) is 4.11. The van der Waals surface area contributed by atoms with Gasteiger partial charge < -0.3 is 10.0 Å². The van der Waals surface area contributed by atoms with Gasteiger partial charge in [0.25, 0.3) is 5.91 Å². The topological polar surface area (TPSA) is 57.6 Å². The highest BCUT2D eigenvalue weighted by atomic mass is 127. The molecule has 0 saturated carbocycles. The number of halogens is 2. The van der Waals surface area contributed by atoms with Crippen molar-refractivity contribution in [2.45, 2.75) is 18.9 Å². The van der Waals surface area contributed by atoms with Crippen LogP contribution in [0.15, 0.2) is 18.2 Å².